The van der Waals surface area contributed by atoms with Crippen LogP contribution < -0.4 is 26.6 Å². The van der Waals surface area contributed by atoms with Gasteiger partial charge in [0.1, 0.15) is 18.2 Å². The van der Waals surface area contributed by atoms with Crippen LogP contribution in [0.2, 0.25) is 5.02 Å². The molecule has 1 unspecified atom stereocenters. The number of nitrogens with two attached hydrogens (primary N) is 1. The predicted octanol–water partition coefficient (Wildman–Crippen LogP) is 1.82. The lowest BCUT2D eigenvalue weighted by Gasteiger charge is -2.39. The number of rotatable bonds is 11. The number of benzene rings is 1. The van der Waals surface area contributed by atoms with E-state index in [0.29, 0.717) is 42.4 Å². The number of halogens is 1. The van der Waals surface area contributed by atoms with E-state index >= 15 is 0 Å². The van der Waals surface area contributed by atoms with Crippen LogP contribution in [0.1, 0.15) is 37.4 Å². The molecule has 0 radical (unpaired) electrons. The molecule has 0 saturated carbocycles. The number of carbonyl (C=O) groups excluding carboxylic acids is 3. The zero-order chi connectivity index (χ0) is 33.4. The monoisotopic (exact) mass is 653 g/mol. The summed E-state index contributed by atoms with van der Waals surface area (Å²) in [6, 6.07) is 5.66. The maximum absolute atomic E-state index is 12.8. The van der Waals surface area contributed by atoms with Crippen molar-refractivity contribution in [1.29, 1.82) is 10.5 Å². The van der Waals surface area contributed by atoms with Crippen molar-refractivity contribution in [2.24, 2.45) is 5.73 Å². The predicted molar refractivity (Wildman–Crippen MR) is 164 cm³/mol. The highest BCUT2D eigenvalue weighted by atomic mass is 35.5. The molecule has 4 rings (SSSR count). The largest absolute Gasteiger partial charge is 0.468 e. The molecule has 18 heteroatoms. The Labute approximate surface area is 268 Å². The highest BCUT2D eigenvalue weighted by Crippen LogP contribution is 2.37. The Bertz CT molecular complexity index is 1700. The average molecular weight is 654 g/mol. The number of nitrogens with zero attached hydrogens (tertiary/aromatic N) is 7. The van der Waals surface area contributed by atoms with E-state index in [1.165, 1.54) is 31.0 Å². The zero-order valence-corrected chi connectivity index (χ0v) is 26.0. The second-order valence-corrected chi connectivity index (χ2v) is 10.5. The van der Waals surface area contributed by atoms with Gasteiger partial charge in [0.15, 0.2) is 17.2 Å². The SMILES string of the molecule is CCNc1nc(Nc2cc(C#N)cc(N3CC[C@@H](NC(=O)OC)C(OC(=O)CC[C@H](N)C(=O)OC)C3)c2Cl)nn2c(C#N)cnc12. The van der Waals surface area contributed by atoms with Crippen LogP contribution in [0.4, 0.5) is 27.9 Å². The quantitative estimate of drug-likeness (QED) is 0.171. The molecule has 0 aliphatic carbocycles. The molecule has 3 atom stereocenters. The molecule has 242 valence electrons. The fraction of sp³-hybridized carbons (Fsp3) is 0.429. The number of alkyl carbamates (subject to hydrolysis) is 1. The Morgan fingerprint density at radius 1 is 1.22 bits per heavy atom. The summed E-state index contributed by atoms with van der Waals surface area (Å²) in [5.41, 5.74) is 7.30. The van der Waals surface area contributed by atoms with E-state index in [1.54, 1.807) is 6.07 Å². The third-order valence-corrected chi connectivity index (χ3v) is 7.48. The number of anilines is 4. The van der Waals surface area contributed by atoms with Crippen LogP contribution in [0.15, 0.2) is 18.3 Å². The van der Waals surface area contributed by atoms with Gasteiger partial charge in [-0.2, -0.15) is 20.0 Å². The number of fused-ring (bicyclic) bond motifs is 1. The van der Waals surface area contributed by atoms with Crippen LogP contribution in [0.3, 0.4) is 0 Å². The third-order valence-electron chi connectivity index (χ3n) is 7.08. The fourth-order valence-electron chi connectivity index (χ4n) is 4.81. The molecule has 3 aromatic rings. The van der Waals surface area contributed by atoms with Gasteiger partial charge in [-0.15, -0.1) is 5.10 Å². The molecule has 3 heterocycles. The van der Waals surface area contributed by atoms with Crippen molar-refractivity contribution in [3.8, 4) is 12.1 Å². The van der Waals surface area contributed by atoms with Crippen molar-refractivity contribution >= 4 is 58.4 Å². The van der Waals surface area contributed by atoms with E-state index in [0.717, 1.165) is 0 Å². The second-order valence-electron chi connectivity index (χ2n) is 10.1. The van der Waals surface area contributed by atoms with Gasteiger partial charge in [0.25, 0.3) is 0 Å². The number of esters is 2. The van der Waals surface area contributed by atoms with Crippen LogP contribution in [0.5, 0.6) is 0 Å². The molecule has 5 N–H and O–H groups in total. The smallest absolute Gasteiger partial charge is 0.407 e. The van der Waals surface area contributed by atoms with E-state index in [9.17, 15) is 24.9 Å². The minimum absolute atomic E-state index is 0.000393. The molecule has 1 aliphatic heterocycles. The van der Waals surface area contributed by atoms with E-state index in [2.05, 4.69) is 41.8 Å². The number of ether oxygens (including phenoxy) is 3. The first-order chi connectivity index (χ1) is 22.1. The van der Waals surface area contributed by atoms with Crippen LogP contribution in [0.25, 0.3) is 5.65 Å². The standard InChI is InChI=1S/C28H32ClN11O6/c1-4-33-24-25-34-13-16(12-31)40(25)38-27(37-24)35-19-9-15(11-30)10-20(23(19)29)39-8-7-18(36-28(43)45-3)21(14-39)46-22(41)6-5-17(32)26(42)44-2/h9-10,13,17-18,21H,4-8,14,32H2,1-3H3,(H,36,43)(H2,33,35,37,38)/t17-,18+,21?/m0/s1. The van der Waals surface area contributed by atoms with Crippen molar-refractivity contribution in [2.75, 3.05) is 49.4 Å². The van der Waals surface area contributed by atoms with Crippen molar-refractivity contribution in [3.05, 3.63) is 34.6 Å². The van der Waals surface area contributed by atoms with Crippen molar-refractivity contribution in [1.82, 2.24) is 24.9 Å². The molecule has 2 aromatic heterocycles. The van der Waals surface area contributed by atoms with E-state index < -0.39 is 36.2 Å². The molecule has 0 spiro atoms. The first-order valence-electron chi connectivity index (χ1n) is 14.1. The van der Waals surface area contributed by atoms with Gasteiger partial charge in [-0.05, 0) is 31.9 Å². The summed E-state index contributed by atoms with van der Waals surface area (Å²) in [4.78, 5) is 47.0. The van der Waals surface area contributed by atoms with Crippen LogP contribution >= 0.6 is 11.6 Å². The van der Waals surface area contributed by atoms with Gasteiger partial charge in [0.05, 0.1) is 61.0 Å². The van der Waals surface area contributed by atoms with Gasteiger partial charge >= 0.3 is 18.0 Å². The molecule has 1 fully saturated rings. The Morgan fingerprint density at radius 3 is 2.67 bits per heavy atom. The normalized spacial score (nSPS) is 16.5. The third kappa shape index (κ3) is 7.63. The Morgan fingerprint density at radius 2 is 2.00 bits per heavy atom. The van der Waals surface area contributed by atoms with Gasteiger partial charge in [0, 0.05) is 19.5 Å². The minimum Gasteiger partial charge on any atom is -0.468 e. The van der Waals surface area contributed by atoms with Crippen LogP contribution in [0, 0.1) is 22.7 Å². The number of imidazole rings is 1. The van der Waals surface area contributed by atoms with Crippen LogP contribution in [-0.4, -0.2) is 89.7 Å². The topological polar surface area (TPSA) is 235 Å². The summed E-state index contributed by atoms with van der Waals surface area (Å²) in [6.07, 6.45) is -0.0125. The Balaban J connectivity index is 1.62. The maximum atomic E-state index is 12.8. The number of methoxy groups -OCH3 is 2. The molecule has 1 saturated heterocycles. The number of nitriles is 2. The second kappa shape index (κ2) is 15.1. The van der Waals surface area contributed by atoms with Gasteiger partial charge in [-0.3, -0.25) is 9.59 Å². The number of carbonyl (C=O) groups is 3. The maximum Gasteiger partial charge on any atom is 0.407 e. The van der Waals surface area contributed by atoms with Gasteiger partial charge < -0.3 is 40.8 Å². The lowest BCUT2D eigenvalue weighted by molar-refractivity contribution is -0.151. The first kappa shape index (κ1) is 33.5. The lowest BCUT2D eigenvalue weighted by atomic mass is 10.00. The summed E-state index contributed by atoms with van der Waals surface area (Å²) in [6.45, 7) is 2.86. The van der Waals surface area contributed by atoms with Gasteiger partial charge in [-0.25, -0.2) is 9.78 Å². The van der Waals surface area contributed by atoms with E-state index in [1.807, 2.05) is 17.9 Å². The molecule has 0 bridgehead atoms. The summed E-state index contributed by atoms with van der Waals surface area (Å²) >= 11 is 6.89. The summed E-state index contributed by atoms with van der Waals surface area (Å²) in [5.74, 6) is -0.829. The van der Waals surface area contributed by atoms with E-state index in [-0.39, 0.29) is 41.6 Å². The van der Waals surface area contributed by atoms with Crippen molar-refractivity contribution < 1.29 is 28.6 Å². The summed E-state index contributed by atoms with van der Waals surface area (Å²) < 4.78 is 16.4. The number of amides is 1. The van der Waals surface area contributed by atoms with Gasteiger partial charge in [0.2, 0.25) is 5.95 Å². The highest BCUT2D eigenvalue weighted by molar-refractivity contribution is 6.36. The summed E-state index contributed by atoms with van der Waals surface area (Å²) in [7, 11) is 2.42. The molecule has 1 amide bonds. The molecule has 1 aromatic carbocycles. The number of piperidine rings is 1. The number of hydrogen-bond acceptors (Lipinski definition) is 15. The molecule has 17 nitrogen and oxygen atoms in total. The van der Waals surface area contributed by atoms with Crippen LogP contribution in [-0.2, 0) is 23.8 Å². The Hall–Kier alpha value is -5.39. The average Bonchev–Trinajstić information content (AvgIpc) is 3.48. The molecule has 1 aliphatic rings. The van der Waals surface area contributed by atoms with Crippen molar-refractivity contribution in [2.45, 2.75) is 44.4 Å². The minimum atomic E-state index is -0.998. The fourth-order valence-corrected chi connectivity index (χ4v) is 5.09. The zero-order valence-electron chi connectivity index (χ0n) is 25.2. The summed E-state index contributed by atoms with van der Waals surface area (Å²) in [5, 5.41) is 32.8. The number of aromatic nitrogens is 4. The van der Waals surface area contributed by atoms with Gasteiger partial charge in [-0.1, -0.05) is 11.6 Å². The molecule has 46 heavy (non-hydrogen) atoms. The highest BCUT2D eigenvalue weighted by Gasteiger charge is 2.35. The number of hydrogen-bond donors (Lipinski definition) is 4. The molecular formula is C28H32ClN11O6. The molecular weight excluding hydrogens is 622 g/mol. The van der Waals surface area contributed by atoms with E-state index in [4.69, 9.17) is 26.8 Å². The lowest BCUT2D eigenvalue weighted by Crippen LogP contribution is -2.55. The number of nitrogens with one attached hydrogen (secondary N) is 3. The van der Waals surface area contributed by atoms with Crippen molar-refractivity contribution in [3.63, 3.8) is 0 Å². The first-order valence-corrected chi connectivity index (χ1v) is 14.5. The Kier molecular flexibility index (Phi) is 11.0.